The van der Waals surface area contributed by atoms with E-state index in [1.165, 1.54) is 96.3 Å². The molecule has 1 aliphatic heterocycles. The standard InChI is InChI=1S/C26H51N2O/c1-4-6-7-8-9-10-11-12-13-14-15-16-17-18-19-20-21-22-26-27-23-24-28(26,5-2)25(3)29/h12-13,23,25-26,29H,4-11,14-22,24H2,1-3H3/q+1/b13-12+. The number of aliphatic hydroxyl groups is 1. The molecule has 0 spiro atoms. The molecule has 1 rings (SSSR count). The van der Waals surface area contributed by atoms with Gasteiger partial charge in [-0.2, -0.15) is 0 Å². The highest BCUT2D eigenvalue weighted by atomic mass is 16.3. The van der Waals surface area contributed by atoms with Gasteiger partial charge in [0.25, 0.3) is 0 Å². The molecule has 1 heterocycles. The molecule has 0 aromatic heterocycles. The van der Waals surface area contributed by atoms with Gasteiger partial charge in [-0.1, -0.05) is 83.3 Å². The normalized spacial score (nSPS) is 22.7. The van der Waals surface area contributed by atoms with E-state index in [2.05, 4.69) is 31.0 Å². The summed E-state index contributed by atoms with van der Waals surface area (Å²) in [5.74, 6) is 0. The van der Waals surface area contributed by atoms with Crippen molar-refractivity contribution in [1.29, 1.82) is 0 Å². The van der Waals surface area contributed by atoms with E-state index in [9.17, 15) is 5.11 Å². The number of hydrogen-bond acceptors (Lipinski definition) is 2. The van der Waals surface area contributed by atoms with Crippen molar-refractivity contribution in [2.24, 2.45) is 4.99 Å². The van der Waals surface area contributed by atoms with Gasteiger partial charge in [0.2, 0.25) is 0 Å². The number of rotatable bonds is 19. The zero-order chi connectivity index (χ0) is 21.2. The van der Waals surface area contributed by atoms with Crippen LogP contribution < -0.4 is 0 Å². The Balaban J connectivity index is 1.89. The number of allylic oxidation sites excluding steroid dienone is 2. The quantitative estimate of drug-likeness (QED) is 0.135. The molecular formula is C26H51N2O+. The van der Waals surface area contributed by atoms with Gasteiger partial charge in [0.05, 0.1) is 12.8 Å². The minimum atomic E-state index is -0.313. The molecule has 3 atom stereocenters. The molecule has 3 unspecified atom stereocenters. The zero-order valence-corrected chi connectivity index (χ0v) is 20.0. The Morgan fingerprint density at radius 2 is 1.38 bits per heavy atom. The van der Waals surface area contributed by atoms with Crippen LogP contribution in [0.2, 0.25) is 0 Å². The Bertz CT molecular complexity index is 432. The van der Waals surface area contributed by atoms with Crippen molar-refractivity contribution in [2.75, 3.05) is 13.1 Å². The zero-order valence-electron chi connectivity index (χ0n) is 20.0. The second-order valence-electron chi connectivity index (χ2n) is 9.13. The van der Waals surface area contributed by atoms with Gasteiger partial charge in [-0.3, -0.25) is 4.48 Å². The van der Waals surface area contributed by atoms with E-state index >= 15 is 0 Å². The first-order valence-corrected chi connectivity index (χ1v) is 12.9. The molecule has 0 saturated heterocycles. The number of nitrogens with zero attached hydrogens (tertiary/aromatic N) is 2. The molecule has 0 aromatic carbocycles. The molecule has 0 aliphatic carbocycles. The maximum absolute atomic E-state index is 10.2. The fourth-order valence-corrected chi connectivity index (χ4v) is 4.66. The van der Waals surface area contributed by atoms with Gasteiger partial charge < -0.3 is 5.11 Å². The van der Waals surface area contributed by atoms with Crippen LogP contribution in [0.4, 0.5) is 0 Å². The van der Waals surface area contributed by atoms with Crippen LogP contribution in [0.25, 0.3) is 0 Å². The summed E-state index contributed by atoms with van der Waals surface area (Å²) >= 11 is 0. The van der Waals surface area contributed by atoms with Crippen molar-refractivity contribution in [3.05, 3.63) is 12.2 Å². The van der Waals surface area contributed by atoms with Crippen molar-refractivity contribution in [2.45, 2.75) is 136 Å². The highest BCUT2D eigenvalue weighted by molar-refractivity contribution is 5.60. The summed E-state index contributed by atoms with van der Waals surface area (Å²) in [4.78, 5) is 4.67. The van der Waals surface area contributed by atoms with Gasteiger partial charge in [-0.05, 0) is 39.0 Å². The molecule has 1 N–H and O–H groups in total. The lowest BCUT2D eigenvalue weighted by Gasteiger charge is -2.40. The average molecular weight is 408 g/mol. The van der Waals surface area contributed by atoms with E-state index in [0.717, 1.165) is 24.0 Å². The van der Waals surface area contributed by atoms with E-state index in [-0.39, 0.29) is 12.4 Å². The first-order chi connectivity index (χ1) is 14.2. The van der Waals surface area contributed by atoms with Crippen molar-refractivity contribution in [1.82, 2.24) is 0 Å². The Morgan fingerprint density at radius 3 is 1.90 bits per heavy atom. The summed E-state index contributed by atoms with van der Waals surface area (Å²) in [6, 6.07) is 0. The molecule has 0 bridgehead atoms. The summed E-state index contributed by atoms with van der Waals surface area (Å²) in [6.45, 7) is 8.25. The maximum Gasteiger partial charge on any atom is 0.189 e. The lowest BCUT2D eigenvalue weighted by molar-refractivity contribution is -0.976. The molecule has 3 heteroatoms. The third-order valence-corrected chi connectivity index (χ3v) is 6.85. The largest absolute Gasteiger partial charge is 0.345 e. The predicted molar refractivity (Wildman–Crippen MR) is 128 cm³/mol. The molecule has 0 aromatic rings. The summed E-state index contributed by atoms with van der Waals surface area (Å²) < 4.78 is 0.742. The van der Waals surface area contributed by atoms with Crippen molar-refractivity contribution in [3.8, 4) is 0 Å². The van der Waals surface area contributed by atoms with Crippen LogP contribution in [0.3, 0.4) is 0 Å². The van der Waals surface area contributed by atoms with Crippen LogP contribution >= 0.6 is 0 Å². The highest BCUT2D eigenvalue weighted by Crippen LogP contribution is 2.26. The predicted octanol–water partition coefficient (Wildman–Crippen LogP) is 7.39. The van der Waals surface area contributed by atoms with Gasteiger partial charge in [0.1, 0.15) is 6.54 Å². The number of quaternary nitrogens is 1. The second kappa shape index (κ2) is 17.1. The van der Waals surface area contributed by atoms with Crippen molar-refractivity contribution < 1.29 is 9.59 Å². The van der Waals surface area contributed by atoms with E-state index < -0.39 is 0 Å². The van der Waals surface area contributed by atoms with Gasteiger partial charge in [-0.15, -0.1) is 0 Å². The van der Waals surface area contributed by atoms with Crippen LogP contribution in [0.1, 0.15) is 124 Å². The Morgan fingerprint density at radius 1 is 0.862 bits per heavy atom. The Kier molecular flexibility index (Phi) is 15.5. The average Bonchev–Trinajstić information content (AvgIpc) is 3.14. The summed E-state index contributed by atoms with van der Waals surface area (Å²) in [5, 5.41) is 10.2. The van der Waals surface area contributed by atoms with Crippen LogP contribution in [-0.2, 0) is 0 Å². The van der Waals surface area contributed by atoms with Gasteiger partial charge in [-0.25, -0.2) is 4.99 Å². The molecule has 170 valence electrons. The second-order valence-corrected chi connectivity index (χ2v) is 9.13. The minimum absolute atomic E-state index is 0.281. The van der Waals surface area contributed by atoms with Crippen LogP contribution in [0.5, 0.6) is 0 Å². The van der Waals surface area contributed by atoms with Gasteiger partial charge >= 0.3 is 0 Å². The fourth-order valence-electron chi connectivity index (χ4n) is 4.66. The smallest absolute Gasteiger partial charge is 0.189 e. The summed E-state index contributed by atoms with van der Waals surface area (Å²) in [5.41, 5.74) is 0. The van der Waals surface area contributed by atoms with Gasteiger partial charge in [0.15, 0.2) is 12.4 Å². The first-order valence-electron chi connectivity index (χ1n) is 12.9. The molecule has 0 saturated carbocycles. The molecule has 0 radical (unpaired) electrons. The lowest BCUT2D eigenvalue weighted by Crippen LogP contribution is -2.57. The topological polar surface area (TPSA) is 32.6 Å². The minimum Gasteiger partial charge on any atom is -0.345 e. The Hall–Kier alpha value is -0.670. The van der Waals surface area contributed by atoms with Crippen molar-refractivity contribution in [3.63, 3.8) is 0 Å². The van der Waals surface area contributed by atoms with E-state index in [0.29, 0.717) is 0 Å². The molecule has 1 aliphatic rings. The molecule has 0 fully saturated rings. The molecule has 3 nitrogen and oxygen atoms in total. The highest BCUT2D eigenvalue weighted by Gasteiger charge is 2.41. The summed E-state index contributed by atoms with van der Waals surface area (Å²) in [7, 11) is 0. The maximum atomic E-state index is 10.2. The molecule has 0 amide bonds. The van der Waals surface area contributed by atoms with Crippen LogP contribution in [-0.4, -0.2) is 41.3 Å². The van der Waals surface area contributed by atoms with E-state index in [4.69, 9.17) is 0 Å². The third kappa shape index (κ3) is 10.8. The third-order valence-electron chi connectivity index (χ3n) is 6.85. The number of hydrogen-bond donors (Lipinski definition) is 1. The summed E-state index contributed by atoms with van der Waals surface area (Å²) in [6.07, 6.45) is 28.3. The van der Waals surface area contributed by atoms with Gasteiger partial charge in [0, 0.05) is 13.3 Å². The van der Waals surface area contributed by atoms with Crippen LogP contribution in [0.15, 0.2) is 17.1 Å². The van der Waals surface area contributed by atoms with Crippen LogP contribution in [0, 0.1) is 0 Å². The monoisotopic (exact) mass is 407 g/mol. The number of aliphatic hydroxyl groups excluding tert-OH is 1. The fraction of sp³-hybridized carbons (Fsp3) is 0.885. The van der Waals surface area contributed by atoms with E-state index in [1.54, 1.807) is 0 Å². The number of aliphatic imine (C=N–C) groups is 1. The lowest BCUT2D eigenvalue weighted by atomic mass is 10.1. The molecule has 29 heavy (non-hydrogen) atoms. The molecular weight excluding hydrogens is 356 g/mol. The van der Waals surface area contributed by atoms with Crippen molar-refractivity contribution >= 4 is 6.21 Å². The number of unbranched alkanes of at least 4 members (excludes halogenated alkanes) is 13. The first kappa shape index (κ1) is 26.4. The SMILES string of the molecule is CCCCCCCC/C=C/CCCCCCCCCC1N=CC[N+]1(CC)C(C)O. The Labute approximate surface area is 182 Å². The van der Waals surface area contributed by atoms with E-state index in [1.807, 2.05) is 13.1 Å².